The molecular formula is C25H25N7O3. The highest BCUT2D eigenvalue weighted by Gasteiger charge is 2.21. The number of carbonyl (C=O) groups is 1. The van der Waals surface area contributed by atoms with Crippen molar-refractivity contribution in [2.24, 2.45) is 0 Å². The number of ether oxygens (including phenoxy) is 2. The lowest BCUT2D eigenvalue weighted by Crippen LogP contribution is -2.24. The van der Waals surface area contributed by atoms with E-state index < -0.39 is 0 Å². The zero-order valence-corrected chi connectivity index (χ0v) is 19.1. The van der Waals surface area contributed by atoms with E-state index >= 15 is 0 Å². The summed E-state index contributed by atoms with van der Waals surface area (Å²) >= 11 is 0. The van der Waals surface area contributed by atoms with Crippen LogP contribution in [0.4, 0.5) is 17.2 Å². The lowest BCUT2D eigenvalue weighted by atomic mass is 10.1. The zero-order valence-electron chi connectivity index (χ0n) is 19.1. The molecule has 35 heavy (non-hydrogen) atoms. The minimum absolute atomic E-state index is 0.110. The highest BCUT2D eigenvalue weighted by Crippen LogP contribution is 2.36. The summed E-state index contributed by atoms with van der Waals surface area (Å²) in [5.74, 6) is 0.774. The van der Waals surface area contributed by atoms with Crippen LogP contribution in [0.3, 0.4) is 0 Å². The van der Waals surface area contributed by atoms with Crippen LogP contribution in [0.1, 0.15) is 24.8 Å². The molecule has 1 unspecified atom stereocenters. The molecule has 178 valence electrons. The molecule has 0 radical (unpaired) electrons. The maximum Gasteiger partial charge on any atom is 0.248 e. The number of hydrogen-bond donors (Lipinski definition) is 3. The van der Waals surface area contributed by atoms with E-state index in [9.17, 15) is 10.1 Å². The smallest absolute Gasteiger partial charge is 0.248 e. The third-order valence-electron chi connectivity index (χ3n) is 5.93. The van der Waals surface area contributed by atoms with Crippen molar-refractivity contribution in [2.75, 3.05) is 36.9 Å². The lowest BCUT2D eigenvalue weighted by molar-refractivity contribution is -0.112. The van der Waals surface area contributed by atoms with Crippen LogP contribution < -0.4 is 20.7 Å². The summed E-state index contributed by atoms with van der Waals surface area (Å²) < 4.78 is 11.7. The monoisotopic (exact) mass is 471 g/mol. The van der Waals surface area contributed by atoms with Gasteiger partial charge in [-0.15, -0.1) is 0 Å². The predicted octanol–water partition coefficient (Wildman–Crippen LogP) is 3.06. The van der Waals surface area contributed by atoms with Crippen molar-refractivity contribution < 1.29 is 14.3 Å². The van der Waals surface area contributed by atoms with Gasteiger partial charge in [-0.3, -0.25) is 14.8 Å². The van der Waals surface area contributed by atoms with Gasteiger partial charge in [-0.1, -0.05) is 5.57 Å². The first-order valence-electron chi connectivity index (χ1n) is 11.5. The van der Waals surface area contributed by atoms with Gasteiger partial charge in [-0.05, 0) is 32.0 Å². The van der Waals surface area contributed by atoms with Gasteiger partial charge in [0.2, 0.25) is 5.91 Å². The first-order valence-corrected chi connectivity index (χ1v) is 11.5. The Hall–Kier alpha value is -4.07. The van der Waals surface area contributed by atoms with Gasteiger partial charge in [0.1, 0.15) is 23.7 Å². The molecule has 10 heteroatoms. The van der Waals surface area contributed by atoms with Gasteiger partial charge >= 0.3 is 0 Å². The van der Waals surface area contributed by atoms with Gasteiger partial charge in [0.25, 0.3) is 0 Å². The second-order valence-corrected chi connectivity index (χ2v) is 8.39. The second kappa shape index (κ2) is 10.5. The van der Waals surface area contributed by atoms with Crippen molar-refractivity contribution in [1.29, 1.82) is 5.26 Å². The fourth-order valence-corrected chi connectivity index (χ4v) is 4.16. The van der Waals surface area contributed by atoms with Crippen molar-refractivity contribution in [1.82, 2.24) is 20.3 Å². The van der Waals surface area contributed by atoms with E-state index in [1.807, 2.05) is 0 Å². The van der Waals surface area contributed by atoms with E-state index in [0.717, 1.165) is 37.9 Å². The normalized spacial score (nSPS) is 17.6. The Morgan fingerprint density at radius 2 is 2.11 bits per heavy atom. The number of carbonyl (C=O) groups excluding carboxylic acids is 1. The summed E-state index contributed by atoms with van der Waals surface area (Å²) in [6.45, 7) is 2.86. The van der Waals surface area contributed by atoms with Crippen LogP contribution >= 0.6 is 0 Å². The fraction of sp³-hybridized carbons (Fsp3) is 0.320. The molecule has 3 N–H and O–H groups in total. The van der Waals surface area contributed by atoms with Gasteiger partial charge in [0.15, 0.2) is 0 Å². The molecule has 10 nitrogen and oxygen atoms in total. The molecule has 0 saturated carbocycles. The Bertz CT molecular complexity index is 1290. The zero-order chi connectivity index (χ0) is 24.0. The maximum absolute atomic E-state index is 12.9. The molecular weight excluding hydrogens is 446 g/mol. The number of hydrogen-bond acceptors (Lipinski definition) is 9. The first-order chi connectivity index (χ1) is 17.2. The highest BCUT2D eigenvalue weighted by molar-refractivity contribution is 6.05. The molecule has 1 amide bonds. The van der Waals surface area contributed by atoms with Gasteiger partial charge in [0.05, 0.1) is 41.9 Å². The van der Waals surface area contributed by atoms with Crippen molar-refractivity contribution in [2.45, 2.75) is 25.4 Å². The number of nitriles is 1. The molecule has 0 spiro atoms. The number of benzene rings is 1. The number of pyridine rings is 1. The van der Waals surface area contributed by atoms with E-state index in [1.165, 1.54) is 6.20 Å². The van der Waals surface area contributed by atoms with Gasteiger partial charge in [0, 0.05) is 42.5 Å². The van der Waals surface area contributed by atoms with Gasteiger partial charge in [-0.25, -0.2) is 4.98 Å². The number of piperidine rings is 1. The Balaban J connectivity index is 1.55. The molecule has 2 aromatic heterocycles. The van der Waals surface area contributed by atoms with E-state index in [0.29, 0.717) is 52.6 Å². The minimum atomic E-state index is -0.221. The second-order valence-electron chi connectivity index (χ2n) is 8.39. The first kappa shape index (κ1) is 22.7. The Kier molecular flexibility index (Phi) is 6.79. The molecule has 1 atom stereocenters. The predicted molar refractivity (Wildman–Crippen MR) is 130 cm³/mol. The highest BCUT2D eigenvalue weighted by atomic mass is 16.5. The molecule has 2 fully saturated rings. The number of rotatable bonds is 6. The minimum Gasteiger partial charge on any atom is -0.486 e. The van der Waals surface area contributed by atoms with Crippen molar-refractivity contribution in [3.8, 4) is 11.8 Å². The number of amides is 1. The summed E-state index contributed by atoms with van der Waals surface area (Å²) in [5, 5.41) is 19.8. The van der Waals surface area contributed by atoms with E-state index in [1.54, 1.807) is 36.8 Å². The molecule has 0 aliphatic carbocycles. The van der Waals surface area contributed by atoms with Crippen LogP contribution in [-0.4, -0.2) is 53.3 Å². The van der Waals surface area contributed by atoms with Crippen molar-refractivity contribution >= 4 is 34.0 Å². The van der Waals surface area contributed by atoms with E-state index in [2.05, 4.69) is 37.0 Å². The molecule has 2 saturated heterocycles. The summed E-state index contributed by atoms with van der Waals surface area (Å²) in [7, 11) is 0. The standard InChI is InChI=1S/C25H25N7O3/c26-12-17-13-30-20-11-22(35-18-3-8-34-15-18)21(31-24(33)9-16-1-4-27-5-2-16)10-19(20)25(17)32-23-14-28-6-7-29-23/h6-7,9-11,13-14,18,27H,1-5,8,15H2,(H,31,33)(H,29,30,32). The van der Waals surface area contributed by atoms with Crippen LogP contribution in [0.2, 0.25) is 0 Å². The summed E-state index contributed by atoms with van der Waals surface area (Å²) in [6, 6.07) is 5.74. The molecule has 5 rings (SSSR count). The maximum atomic E-state index is 12.9. The number of anilines is 3. The van der Waals surface area contributed by atoms with Crippen LogP contribution in [0, 0.1) is 11.3 Å². The third-order valence-corrected chi connectivity index (χ3v) is 5.93. The molecule has 2 aliphatic heterocycles. The molecule has 1 aromatic carbocycles. The third kappa shape index (κ3) is 5.37. The fourth-order valence-electron chi connectivity index (χ4n) is 4.16. The average molecular weight is 472 g/mol. The quantitative estimate of drug-likeness (QED) is 0.464. The van der Waals surface area contributed by atoms with Crippen LogP contribution in [0.15, 0.2) is 48.6 Å². The van der Waals surface area contributed by atoms with Gasteiger partial charge in [-0.2, -0.15) is 5.26 Å². The van der Waals surface area contributed by atoms with Crippen LogP contribution in [0.5, 0.6) is 5.75 Å². The molecule has 2 aliphatic rings. The Labute approximate surface area is 202 Å². The molecule has 4 heterocycles. The number of fused-ring (bicyclic) bond motifs is 1. The Morgan fingerprint density at radius 1 is 1.23 bits per heavy atom. The number of nitrogens with one attached hydrogen (secondary N) is 3. The van der Waals surface area contributed by atoms with E-state index in [-0.39, 0.29) is 12.0 Å². The molecule has 0 bridgehead atoms. The molecule has 3 aromatic rings. The van der Waals surface area contributed by atoms with Crippen LogP contribution in [0.25, 0.3) is 10.9 Å². The van der Waals surface area contributed by atoms with Crippen molar-refractivity contribution in [3.05, 3.63) is 54.1 Å². The number of nitrogens with zero attached hydrogens (tertiary/aromatic N) is 4. The number of aromatic nitrogens is 3. The average Bonchev–Trinajstić information content (AvgIpc) is 3.39. The summed E-state index contributed by atoms with van der Waals surface area (Å²) in [4.78, 5) is 25.7. The topological polar surface area (TPSA) is 134 Å². The van der Waals surface area contributed by atoms with E-state index in [4.69, 9.17) is 9.47 Å². The SMILES string of the molecule is N#Cc1cnc2cc(OC3CCOC3)c(NC(=O)C=C3CCNCC3)cc2c1Nc1cnccn1. The summed E-state index contributed by atoms with van der Waals surface area (Å²) in [5.41, 5.74) is 3.08. The Morgan fingerprint density at radius 3 is 2.86 bits per heavy atom. The summed E-state index contributed by atoms with van der Waals surface area (Å²) in [6.07, 6.45) is 10.2. The van der Waals surface area contributed by atoms with Crippen molar-refractivity contribution in [3.63, 3.8) is 0 Å². The van der Waals surface area contributed by atoms with Gasteiger partial charge < -0.3 is 25.4 Å². The van der Waals surface area contributed by atoms with Crippen LogP contribution in [-0.2, 0) is 9.53 Å². The largest absolute Gasteiger partial charge is 0.486 e. The lowest BCUT2D eigenvalue weighted by Gasteiger charge is -2.19.